The van der Waals surface area contributed by atoms with E-state index >= 15 is 0 Å². The van der Waals surface area contributed by atoms with Crippen LogP contribution in [0, 0.1) is 5.82 Å². The lowest BCUT2D eigenvalue weighted by Gasteiger charge is -2.10. The summed E-state index contributed by atoms with van der Waals surface area (Å²) in [5.41, 5.74) is 1.92. The second-order valence-electron chi connectivity index (χ2n) is 5.73. The lowest BCUT2D eigenvalue weighted by Crippen LogP contribution is -2.29. The Kier molecular flexibility index (Phi) is 6.15. The molecule has 0 bridgehead atoms. The highest BCUT2D eigenvalue weighted by atomic mass is 19.1. The summed E-state index contributed by atoms with van der Waals surface area (Å²) in [5.74, 6) is 0.803. The Labute approximate surface area is 136 Å². The molecule has 0 saturated carbocycles. The normalized spacial score (nSPS) is 10.6. The molecule has 0 heterocycles. The first-order chi connectivity index (χ1) is 11.0. The van der Waals surface area contributed by atoms with Crippen molar-refractivity contribution in [3.8, 4) is 5.75 Å². The van der Waals surface area contributed by atoms with Crippen molar-refractivity contribution < 1.29 is 13.9 Å². The minimum Gasteiger partial charge on any atom is -0.492 e. The van der Waals surface area contributed by atoms with Gasteiger partial charge in [-0.25, -0.2) is 4.39 Å². The average molecular weight is 315 g/mol. The third kappa shape index (κ3) is 5.74. The van der Waals surface area contributed by atoms with Crippen LogP contribution < -0.4 is 10.1 Å². The highest BCUT2D eigenvalue weighted by molar-refractivity contribution is 5.78. The summed E-state index contributed by atoms with van der Waals surface area (Å²) in [6.45, 7) is 5.10. The van der Waals surface area contributed by atoms with Crippen LogP contribution >= 0.6 is 0 Å². The standard InChI is InChI=1S/C19H22FNO2/c1-14(2)16-6-8-18(9-7-16)23-11-10-21-19(22)13-15-4-3-5-17(20)12-15/h3-9,12,14H,10-11,13H2,1-2H3,(H,21,22). The third-order valence-electron chi connectivity index (χ3n) is 3.49. The van der Waals surface area contributed by atoms with Crippen molar-refractivity contribution >= 4 is 5.91 Å². The molecule has 0 spiro atoms. The van der Waals surface area contributed by atoms with Crippen LogP contribution in [0.4, 0.5) is 4.39 Å². The van der Waals surface area contributed by atoms with Gasteiger partial charge in [-0.1, -0.05) is 38.1 Å². The van der Waals surface area contributed by atoms with Gasteiger partial charge >= 0.3 is 0 Å². The second-order valence-corrected chi connectivity index (χ2v) is 5.73. The fraction of sp³-hybridized carbons (Fsp3) is 0.316. The molecule has 4 heteroatoms. The van der Waals surface area contributed by atoms with Gasteiger partial charge in [0.2, 0.25) is 5.91 Å². The molecular formula is C19H22FNO2. The fourth-order valence-electron chi connectivity index (χ4n) is 2.20. The molecule has 0 unspecified atom stereocenters. The van der Waals surface area contributed by atoms with Crippen LogP contribution in [0.5, 0.6) is 5.75 Å². The first kappa shape index (κ1) is 17.0. The van der Waals surface area contributed by atoms with E-state index in [4.69, 9.17) is 4.74 Å². The molecule has 0 atom stereocenters. The molecule has 3 nitrogen and oxygen atoms in total. The van der Waals surface area contributed by atoms with Crippen molar-refractivity contribution in [2.45, 2.75) is 26.2 Å². The second kappa shape index (κ2) is 8.32. The molecule has 2 rings (SSSR count). The molecule has 0 aromatic heterocycles. The summed E-state index contributed by atoms with van der Waals surface area (Å²) >= 11 is 0. The van der Waals surface area contributed by atoms with Crippen LogP contribution in [0.25, 0.3) is 0 Å². The molecule has 0 radical (unpaired) electrons. The maximum atomic E-state index is 13.0. The maximum Gasteiger partial charge on any atom is 0.224 e. The summed E-state index contributed by atoms with van der Waals surface area (Å²) in [6, 6.07) is 14.0. The zero-order valence-corrected chi connectivity index (χ0v) is 13.5. The van der Waals surface area contributed by atoms with Gasteiger partial charge in [-0.3, -0.25) is 4.79 Å². The van der Waals surface area contributed by atoms with Crippen molar-refractivity contribution in [3.05, 3.63) is 65.5 Å². The smallest absolute Gasteiger partial charge is 0.224 e. The van der Waals surface area contributed by atoms with Gasteiger partial charge in [-0.05, 0) is 41.3 Å². The summed E-state index contributed by atoms with van der Waals surface area (Å²) in [7, 11) is 0. The van der Waals surface area contributed by atoms with E-state index in [0.717, 1.165) is 5.75 Å². The number of rotatable bonds is 7. The summed E-state index contributed by atoms with van der Waals surface area (Å²) < 4.78 is 18.6. The van der Waals surface area contributed by atoms with Gasteiger partial charge in [-0.2, -0.15) is 0 Å². The molecule has 0 fully saturated rings. The molecule has 2 aromatic rings. The lowest BCUT2D eigenvalue weighted by atomic mass is 10.0. The molecule has 1 amide bonds. The number of hydrogen-bond donors (Lipinski definition) is 1. The van der Waals surface area contributed by atoms with Crippen LogP contribution in [0.2, 0.25) is 0 Å². The molecule has 2 aromatic carbocycles. The monoisotopic (exact) mass is 315 g/mol. The van der Waals surface area contributed by atoms with E-state index in [2.05, 4.69) is 19.2 Å². The van der Waals surface area contributed by atoms with E-state index in [0.29, 0.717) is 24.6 Å². The topological polar surface area (TPSA) is 38.3 Å². The predicted octanol–water partition coefficient (Wildman–Crippen LogP) is 3.69. The number of amides is 1. The summed E-state index contributed by atoms with van der Waals surface area (Å²) in [5, 5.41) is 2.76. The number of benzene rings is 2. The van der Waals surface area contributed by atoms with Crippen molar-refractivity contribution in [1.29, 1.82) is 0 Å². The van der Waals surface area contributed by atoms with E-state index in [-0.39, 0.29) is 18.1 Å². The molecule has 0 aliphatic carbocycles. The van der Waals surface area contributed by atoms with Crippen molar-refractivity contribution in [3.63, 3.8) is 0 Å². The van der Waals surface area contributed by atoms with E-state index in [1.165, 1.54) is 17.7 Å². The van der Waals surface area contributed by atoms with E-state index in [9.17, 15) is 9.18 Å². The number of hydrogen-bond acceptors (Lipinski definition) is 2. The minimum absolute atomic E-state index is 0.144. The summed E-state index contributed by atoms with van der Waals surface area (Å²) in [6.07, 6.45) is 0.168. The number of halogens is 1. The first-order valence-electron chi connectivity index (χ1n) is 7.78. The van der Waals surface area contributed by atoms with Gasteiger partial charge in [-0.15, -0.1) is 0 Å². The molecular weight excluding hydrogens is 293 g/mol. The highest BCUT2D eigenvalue weighted by Crippen LogP contribution is 2.18. The molecule has 0 saturated heterocycles. The van der Waals surface area contributed by atoms with E-state index < -0.39 is 0 Å². The van der Waals surface area contributed by atoms with Crippen LogP contribution in [0.1, 0.15) is 30.9 Å². The number of nitrogens with one attached hydrogen (secondary N) is 1. The molecule has 1 N–H and O–H groups in total. The SMILES string of the molecule is CC(C)c1ccc(OCCNC(=O)Cc2cccc(F)c2)cc1. The van der Waals surface area contributed by atoms with Crippen molar-refractivity contribution in [1.82, 2.24) is 5.32 Å². The van der Waals surface area contributed by atoms with E-state index in [1.807, 2.05) is 24.3 Å². The first-order valence-corrected chi connectivity index (χ1v) is 7.78. The van der Waals surface area contributed by atoms with Crippen LogP contribution in [0.15, 0.2) is 48.5 Å². The highest BCUT2D eigenvalue weighted by Gasteiger charge is 2.04. The number of carbonyl (C=O) groups excluding carboxylic acids is 1. The van der Waals surface area contributed by atoms with E-state index in [1.54, 1.807) is 12.1 Å². The average Bonchev–Trinajstić information content (AvgIpc) is 2.52. The van der Waals surface area contributed by atoms with Gasteiger partial charge in [0.25, 0.3) is 0 Å². The molecule has 122 valence electrons. The van der Waals surface area contributed by atoms with Crippen LogP contribution in [0.3, 0.4) is 0 Å². The van der Waals surface area contributed by atoms with Crippen molar-refractivity contribution in [2.75, 3.05) is 13.2 Å². The Morgan fingerprint density at radius 3 is 2.57 bits per heavy atom. The van der Waals surface area contributed by atoms with Crippen molar-refractivity contribution in [2.24, 2.45) is 0 Å². The molecule has 23 heavy (non-hydrogen) atoms. The Morgan fingerprint density at radius 2 is 1.91 bits per heavy atom. The van der Waals surface area contributed by atoms with Crippen LogP contribution in [-0.2, 0) is 11.2 Å². The van der Waals surface area contributed by atoms with Gasteiger partial charge in [0.1, 0.15) is 18.2 Å². The predicted molar refractivity (Wildman–Crippen MR) is 89.1 cm³/mol. The summed E-state index contributed by atoms with van der Waals surface area (Å²) in [4.78, 5) is 11.8. The maximum absolute atomic E-state index is 13.0. The Balaban J connectivity index is 1.69. The number of ether oxygens (including phenoxy) is 1. The molecule has 0 aliphatic heterocycles. The Bertz CT molecular complexity index is 638. The van der Waals surface area contributed by atoms with Gasteiger partial charge in [0.15, 0.2) is 0 Å². The Hall–Kier alpha value is -2.36. The third-order valence-corrected chi connectivity index (χ3v) is 3.49. The van der Waals surface area contributed by atoms with Gasteiger partial charge in [0, 0.05) is 0 Å². The zero-order valence-electron chi connectivity index (χ0n) is 13.5. The number of carbonyl (C=O) groups is 1. The Morgan fingerprint density at radius 1 is 1.17 bits per heavy atom. The quantitative estimate of drug-likeness (QED) is 0.791. The van der Waals surface area contributed by atoms with Gasteiger partial charge < -0.3 is 10.1 Å². The molecule has 0 aliphatic rings. The van der Waals surface area contributed by atoms with Crippen LogP contribution in [-0.4, -0.2) is 19.1 Å². The lowest BCUT2D eigenvalue weighted by molar-refractivity contribution is -0.120. The largest absolute Gasteiger partial charge is 0.492 e. The zero-order chi connectivity index (χ0) is 16.7. The minimum atomic E-state index is -0.330. The van der Waals surface area contributed by atoms with Gasteiger partial charge in [0.05, 0.1) is 13.0 Å². The fourth-order valence-corrected chi connectivity index (χ4v) is 2.20.